The number of ether oxygens (including phenoxy) is 1. The molecule has 0 saturated heterocycles. The van der Waals surface area contributed by atoms with E-state index in [2.05, 4.69) is 39.0 Å². The maximum atomic E-state index is 9.41. The van der Waals surface area contributed by atoms with Gasteiger partial charge in [0.1, 0.15) is 5.75 Å². The van der Waals surface area contributed by atoms with Crippen molar-refractivity contribution in [1.29, 1.82) is 5.26 Å². The van der Waals surface area contributed by atoms with Gasteiger partial charge < -0.3 is 4.74 Å². The molecule has 0 N–H and O–H groups in total. The van der Waals surface area contributed by atoms with Crippen LogP contribution in [-0.2, 0) is 5.41 Å². The van der Waals surface area contributed by atoms with E-state index in [0.717, 1.165) is 22.4 Å². The van der Waals surface area contributed by atoms with Crippen LogP contribution in [0.2, 0.25) is 0 Å². The van der Waals surface area contributed by atoms with Crippen LogP contribution in [0.25, 0.3) is 11.1 Å². The quantitative estimate of drug-likeness (QED) is 0.788. The van der Waals surface area contributed by atoms with Crippen molar-refractivity contribution in [3.05, 3.63) is 53.1 Å². The molecular weight excluding hydrogens is 258 g/mol. The number of aryl methyl sites for hydroxylation is 1. The largest absolute Gasteiger partial charge is 0.497 e. The Morgan fingerprint density at radius 2 is 1.71 bits per heavy atom. The van der Waals surface area contributed by atoms with Crippen molar-refractivity contribution in [3.8, 4) is 22.9 Å². The fourth-order valence-corrected chi connectivity index (χ4v) is 2.51. The minimum Gasteiger partial charge on any atom is -0.497 e. The fraction of sp³-hybridized carbons (Fsp3) is 0.316. The van der Waals surface area contributed by atoms with Crippen molar-refractivity contribution in [2.75, 3.05) is 7.11 Å². The van der Waals surface area contributed by atoms with Crippen molar-refractivity contribution in [2.24, 2.45) is 0 Å². The monoisotopic (exact) mass is 279 g/mol. The first-order valence-corrected chi connectivity index (χ1v) is 7.06. The van der Waals surface area contributed by atoms with Crippen LogP contribution in [0.5, 0.6) is 5.75 Å². The van der Waals surface area contributed by atoms with E-state index in [1.807, 2.05) is 31.2 Å². The summed E-state index contributed by atoms with van der Waals surface area (Å²) < 4.78 is 5.36. The van der Waals surface area contributed by atoms with Gasteiger partial charge in [-0.15, -0.1) is 0 Å². The average Bonchev–Trinajstić information content (AvgIpc) is 2.45. The Morgan fingerprint density at radius 1 is 1.00 bits per heavy atom. The van der Waals surface area contributed by atoms with Gasteiger partial charge in [0, 0.05) is 5.56 Å². The minimum atomic E-state index is -0.00191. The number of benzene rings is 2. The van der Waals surface area contributed by atoms with E-state index in [4.69, 9.17) is 4.74 Å². The molecule has 0 aliphatic heterocycles. The van der Waals surface area contributed by atoms with Crippen LogP contribution in [0.4, 0.5) is 0 Å². The predicted molar refractivity (Wildman–Crippen MR) is 86.6 cm³/mol. The van der Waals surface area contributed by atoms with Gasteiger partial charge in [-0.3, -0.25) is 0 Å². The standard InChI is InChI=1S/C19H21NO/c1-13-6-7-14(12-20)16(10-13)17-11-15(21-5)8-9-18(17)19(2,3)4/h6-11H,1-5H3. The van der Waals surface area contributed by atoms with Crippen molar-refractivity contribution < 1.29 is 4.74 Å². The van der Waals surface area contributed by atoms with Crippen LogP contribution in [-0.4, -0.2) is 7.11 Å². The molecule has 0 aliphatic carbocycles. The number of hydrogen-bond acceptors (Lipinski definition) is 2. The highest BCUT2D eigenvalue weighted by atomic mass is 16.5. The zero-order valence-electron chi connectivity index (χ0n) is 13.3. The smallest absolute Gasteiger partial charge is 0.119 e. The molecular formula is C19H21NO. The van der Waals surface area contributed by atoms with E-state index in [9.17, 15) is 5.26 Å². The Kier molecular flexibility index (Phi) is 4.04. The van der Waals surface area contributed by atoms with Crippen LogP contribution in [0.3, 0.4) is 0 Å². The Morgan fingerprint density at radius 3 is 2.29 bits per heavy atom. The third-order valence-electron chi connectivity index (χ3n) is 3.62. The molecule has 0 spiro atoms. The summed E-state index contributed by atoms with van der Waals surface area (Å²) in [7, 11) is 1.66. The molecule has 21 heavy (non-hydrogen) atoms. The van der Waals surface area contributed by atoms with Crippen LogP contribution < -0.4 is 4.74 Å². The lowest BCUT2D eigenvalue weighted by atomic mass is 9.80. The Hall–Kier alpha value is -2.27. The third-order valence-corrected chi connectivity index (χ3v) is 3.62. The first-order chi connectivity index (χ1) is 9.86. The molecule has 0 heterocycles. The molecule has 0 aliphatic rings. The molecule has 2 aromatic carbocycles. The van der Waals surface area contributed by atoms with Gasteiger partial charge in [-0.05, 0) is 41.7 Å². The molecule has 0 atom stereocenters. The van der Waals surface area contributed by atoms with Gasteiger partial charge in [0.15, 0.2) is 0 Å². The SMILES string of the molecule is COc1ccc(C(C)(C)C)c(-c2cc(C)ccc2C#N)c1. The summed E-state index contributed by atoms with van der Waals surface area (Å²) in [5.41, 5.74) is 5.10. The summed E-state index contributed by atoms with van der Waals surface area (Å²) >= 11 is 0. The van der Waals surface area contributed by atoms with Crippen LogP contribution in [0.15, 0.2) is 36.4 Å². The van der Waals surface area contributed by atoms with E-state index < -0.39 is 0 Å². The lowest BCUT2D eigenvalue weighted by Crippen LogP contribution is -2.13. The Balaban J connectivity index is 2.78. The summed E-state index contributed by atoms with van der Waals surface area (Å²) in [5, 5.41) is 9.41. The Bertz CT molecular complexity index is 702. The maximum absolute atomic E-state index is 9.41. The second-order valence-corrected chi connectivity index (χ2v) is 6.32. The topological polar surface area (TPSA) is 33.0 Å². The molecule has 2 heteroatoms. The zero-order valence-corrected chi connectivity index (χ0v) is 13.3. The number of nitrogens with zero attached hydrogens (tertiary/aromatic N) is 1. The first kappa shape index (κ1) is 15.1. The predicted octanol–water partition coefficient (Wildman–Crippen LogP) is 4.84. The molecule has 2 nitrogen and oxygen atoms in total. The Labute approximate surface area is 127 Å². The molecule has 2 aromatic rings. The van der Waals surface area contributed by atoms with Crippen LogP contribution in [0, 0.1) is 18.3 Å². The maximum Gasteiger partial charge on any atom is 0.119 e. The molecule has 0 aromatic heterocycles. The lowest BCUT2D eigenvalue weighted by Gasteiger charge is -2.24. The molecule has 2 rings (SSSR count). The highest BCUT2D eigenvalue weighted by molar-refractivity contribution is 5.76. The van der Waals surface area contributed by atoms with Gasteiger partial charge in [0.2, 0.25) is 0 Å². The average molecular weight is 279 g/mol. The number of methoxy groups -OCH3 is 1. The first-order valence-electron chi connectivity index (χ1n) is 7.06. The molecule has 0 fully saturated rings. The van der Waals surface area contributed by atoms with E-state index in [-0.39, 0.29) is 5.41 Å². The van der Waals surface area contributed by atoms with E-state index in [0.29, 0.717) is 5.56 Å². The van der Waals surface area contributed by atoms with Gasteiger partial charge in [0.05, 0.1) is 18.7 Å². The van der Waals surface area contributed by atoms with Gasteiger partial charge in [-0.25, -0.2) is 0 Å². The van der Waals surface area contributed by atoms with Crippen molar-refractivity contribution in [2.45, 2.75) is 33.1 Å². The fourth-order valence-electron chi connectivity index (χ4n) is 2.51. The second kappa shape index (κ2) is 5.61. The summed E-state index contributed by atoms with van der Waals surface area (Å²) in [5.74, 6) is 0.809. The summed E-state index contributed by atoms with van der Waals surface area (Å²) in [4.78, 5) is 0. The van der Waals surface area contributed by atoms with Crippen LogP contribution >= 0.6 is 0 Å². The highest BCUT2D eigenvalue weighted by Gasteiger charge is 2.21. The highest BCUT2D eigenvalue weighted by Crippen LogP contribution is 2.37. The third kappa shape index (κ3) is 3.08. The lowest BCUT2D eigenvalue weighted by molar-refractivity contribution is 0.414. The van der Waals surface area contributed by atoms with Gasteiger partial charge in [0.25, 0.3) is 0 Å². The van der Waals surface area contributed by atoms with Gasteiger partial charge in [-0.2, -0.15) is 5.26 Å². The van der Waals surface area contributed by atoms with Gasteiger partial charge in [-0.1, -0.05) is 44.5 Å². The van der Waals surface area contributed by atoms with Crippen molar-refractivity contribution >= 4 is 0 Å². The number of nitriles is 1. The van der Waals surface area contributed by atoms with Crippen molar-refractivity contribution in [1.82, 2.24) is 0 Å². The summed E-state index contributed by atoms with van der Waals surface area (Å²) in [6.07, 6.45) is 0. The summed E-state index contributed by atoms with van der Waals surface area (Å²) in [6.45, 7) is 8.59. The normalized spacial score (nSPS) is 11.0. The van der Waals surface area contributed by atoms with E-state index in [1.165, 1.54) is 5.56 Å². The second-order valence-electron chi connectivity index (χ2n) is 6.32. The van der Waals surface area contributed by atoms with Gasteiger partial charge >= 0.3 is 0 Å². The van der Waals surface area contributed by atoms with E-state index >= 15 is 0 Å². The van der Waals surface area contributed by atoms with Crippen molar-refractivity contribution in [3.63, 3.8) is 0 Å². The zero-order chi connectivity index (χ0) is 15.6. The molecule has 0 radical (unpaired) electrons. The van der Waals surface area contributed by atoms with Crippen LogP contribution in [0.1, 0.15) is 37.5 Å². The van der Waals surface area contributed by atoms with E-state index in [1.54, 1.807) is 7.11 Å². The summed E-state index contributed by atoms with van der Waals surface area (Å²) in [6, 6.07) is 14.3. The minimum absolute atomic E-state index is 0.00191. The molecule has 0 unspecified atom stereocenters. The molecule has 0 saturated carbocycles. The number of hydrogen-bond donors (Lipinski definition) is 0. The number of rotatable bonds is 2. The molecule has 0 amide bonds. The molecule has 108 valence electrons. The molecule has 0 bridgehead atoms.